The third-order valence-corrected chi connectivity index (χ3v) is 3.55. The minimum atomic E-state index is 0.579. The molecule has 0 saturated carbocycles. The Morgan fingerprint density at radius 1 is 1.53 bits per heavy atom. The van der Waals surface area contributed by atoms with Crippen LogP contribution >= 0.6 is 11.6 Å². The summed E-state index contributed by atoms with van der Waals surface area (Å²) < 4.78 is 5.20. The Morgan fingerprint density at radius 2 is 2.35 bits per heavy atom. The van der Waals surface area contributed by atoms with E-state index in [0.29, 0.717) is 11.1 Å². The van der Waals surface area contributed by atoms with E-state index < -0.39 is 0 Å². The van der Waals surface area contributed by atoms with Crippen molar-refractivity contribution in [1.29, 1.82) is 0 Å². The van der Waals surface area contributed by atoms with E-state index in [2.05, 4.69) is 17.6 Å². The number of hydrogen-bond acceptors (Lipinski definition) is 3. The van der Waals surface area contributed by atoms with Gasteiger partial charge in [0.05, 0.1) is 12.1 Å². The number of nitrogens with one attached hydrogen (secondary N) is 2. The molecule has 4 heteroatoms. The van der Waals surface area contributed by atoms with E-state index in [1.165, 1.54) is 17.5 Å². The second-order valence-electron chi connectivity index (χ2n) is 4.48. The van der Waals surface area contributed by atoms with E-state index in [9.17, 15) is 0 Å². The van der Waals surface area contributed by atoms with E-state index in [4.69, 9.17) is 16.3 Å². The molecule has 2 rings (SSSR count). The highest BCUT2D eigenvalue weighted by Crippen LogP contribution is 2.27. The second kappa shape index (κ2) is 5.71. The van der Waals surface area contributed by atoms with Gasteiger partial charge in [-0.1, -0.05) is 11.6 Å². The smallest absolute Gasteiger partial charge is 0.137 e. The lowest BCUT2D eigenvalue weighted by molar-refractivity contribution is 0.414. The van der Waals surface area contributed by atoms with E-state index in [0.717, 1.165) is 25.4 Å². The normalized spacial score (nSPS) is 19.6. The maximum absolute atomic E-state index is 6.13. The lowest BCUT2D eigenvalue weighted by atomic mass is 10.1. The van der Waals surface area contributed by atoms with Crippen molar-refractivity contribution in [3.63, 3.8) is 0 Å². The first-order chi connectivity index (χ1) is 8.20. The monoisotopic (exact) mass is 254 g/mol. The maximum Gasteiger partial charge on any atom is 0.137 e. The summed E-state index contributed by atoms with van der Waals surface area (Å²) in [6, 6.07) is 4.56. The summed E-state index contributed by atoms with van der Waals surface area (Å²) in [5, 5.41) is 7.57. The topological polar surface area (TPSA) is 33.3 Å². The van der Waals surface area contributed by atoms with Crippen molar-refractivity contribution in [2.45, 2.75) is 25.9 Å². The summed E-state index contributed by atoms with van der Waals surface area (Å²) in [7, 11) is 1.64. The van der Waals surface area contributed by atoms with Crippen molar-refractivity contribution in [3.8, 4) is 5.75 Å². The highest BCUT2D eigenvalue weighted by molar-refractivity contribution is 6.32. The molecule has 0 aliphatic carbocycles. The number of hydrogen-bond donors (Lipinski definition) is 2. The molecule has 1 aromatic carbocycles. The zero-order valence-corrected chi connectivity index (χ0v) is 11.1. The van der Waals surface area contributed by atoms with Crippen LogP contribution in [0.5, 0.6) is 5.75 Å². The fourth-order valence-electron chi connectivity index (χ4n) is 2.13. The molecular weight excluding hydrogens is 236 g/mol. The van der Waals surface area contributed by atoms with E-state index in [1.54, 1.807) is 7.11 Å². The Hall–Kier alpha value is -0.770. The average molecular weight is 255 g/mol. The summed E-state index contributed by atoms with van der Waals surface area (Å²) >= 11 is 6.13. The van der Waals surface area contributed by atoms with Crippen molar-refractivity contribution in [2.24, 2.45) is 0 Å². The van der Waals surface area contributed by atoms with Crippen molar-refractivity contribution >= 4 is 11.6 Å². The van der Waals surface area contributed by atoms with Gasteiger partial charge in [0.1, 0.15) is 5.75 Å². The average Bonchev–Trinajstić information content (AvgIpc) is 2.82. The molecule has 0 aromatic heterocycles. The molecular formula is C13H19ClN2O. The van der Waals surface area contributed by atoms with E-state index in [-0.39, 0.29) is 0 Å². The van der Waals surface area contributed by atoms with Gasteiger partial charge in [-0.3, -0.25) is 0 Å². The van der Waals surface area contributed by atoms with Gasteiger partial charge in [0.25, 0.3) is 0 Å². The molecule has 1 fully saturated rings. The molecule has 1 unspecified atom stereocenters. The van der Waals surface area contributed by atoms with Crippen LogP contribution < -0.4 is 15.4 Å². The van der Waals surface area contributed by atoms with Gasteiger partial charge in [0, 0.05) is 19.1 Å². The molecule has 94 valence electrons. The SMILES string of the molecule is COc1cc(C)c(CNC2CCNC2)cc1Cl. The quantitative estimate of drug-likeness (QED) is 0.864. The third kappa shape index (κ3) is 3.12. The Bertz CT molecular complexity index is 389. The van der Waals surface area contributed by atoms with Crippen molar-refractivity contribution in [1.82, 2.24) is 10.6 Å². The summed E-state index contributed by atoms with van der Waals surface area (Å²) in [4.78, 5) is 0. The maximum atomic E-state index is 6.13. The van der Waals surface area contributed by atoms with Crippen LogP contribution in [0.2, 0.25) is 5.02 Å². The van der Waals surface area contributed by atoms with Crippen LogP contribution in [0, 0.1) is 6.92 Å². The van der Waals surface area contributed by atoms with Gasteiger partial charge in [0.15, 0.2) is 0 Å². The summed E-state index contributed by atoms with van der Waals surface area (Å²) in [5.74, 6) is 0.746. The molecule has 1 aliphatic heterocycles. The molecule has 1 aliphatic rings. The van der Waals surface area contributed by atoms with E-state index in [1.807, 2.05) is 12.1 Å². The van der Waals surface area contributed by atoms with Crippen LogP contribution in [-0.4, -0.2) is 26.2 Å². The minimum Gasteiger partial charge on any atom is -0.495 e. The van der Waals surface area contributed by atoms with Crippen LogP contribution in [0.3, 0.4) is 0 Å². The molecule has 0 amide bonds. The molecule has 0 bridgehead atoms. The van der Waals surface area contributed by atoms with Crippen molar-refractivity contribution in [3.05, 3.63) is 28.3 Å². The van der Waals surface area contributed by atoms with E-state index >= 15 is 0 Å². The summed E-state index contributed by atoms with van der Waals surface area (Å²) in [5.41, 5.74) is 2.45. The van der Waals surface area contributed by atoms with Crippen LogP contribution in [0.15, 0.2) is 12.1 Å². The van der Waals surface area contributed by atoms with Gasteiger partial charge >= 0.3 is 0 Å². The fourth-order valence-corrected chi connectivity index (χ4v) is 2.39. The Labute approximate surface area is 107 Å². The molecule has 1 saturated heterocycles. The van der Waals surface area contributed by atoms with Gasteiger partial charge in [-0.2, -0.15) is 0 Å². The predicted octanol–water partition coefficient (Wildman–Crippen LogP) is 2.11. The van der Waals surface area contributed by atoms with Gasteiger partial charge in [-0.15, -0.1) is 0 Å². The lowest BCUT2D eigenvalue weighted by Crippen LogP contribution is -2.30. The molecule has 17 heavy (non-hydrogen) atoms. The molecule has 0 radical (unpaired) electrons. The number of halogens is 1. The standard InChI is InChI=1S/C13H19ClN2O/c1-9-5-13(17-2)12(14)6-10(9)7-16-11-3-4-15-8-11/h5-6,11,15-16H,3-4,7-8H2,1-2H3. The molecule has 3 nitrogen and oxygen atoms in total. The number of aryl methyl sites for hydroxylation is 1. The highest BCUT2D eigenvalue weighted by Gasteiger charge is 2.14. The van der Waals surface area contributed by atoms with Gasteiger partial charge < -0.3 is 15.4 Å². The first-order valence-electron chi connectivity index (χ1n) is 5.98. The van der Waals surface area contributed by atoms with Crippen LogP contribution in [0.1, 0.15) is 17.5 Å². The van der Waals surface area contributed by atoms with Crippen molar-refractivity contribution < 1.29 is 4.74 Å². The largest absolute Gasteiger partial charge is 0.495 e. The summed E-state index contributed by atoms with van der Waals surface area (Å²) in [6.07, 6.45) is 1.20. The molecule has 1 aromatic rings. The first kappa shape index (κ1) is 12.7. The summed E-state index contributed by atoms with van der Waals surface area (Å²) in [6.45, 7) is 5.12. The lowest BCUT2D eigenvalue weighted by Gasteiger charge is -2.14. The number of methoxy groups -OCH3 is 1. The molecule has 0 spiro atoms. The van der Waals surface area contributed by atoms with Crippen LogP contribution in [0.4, 0.5) is 0 Å². The van der Waals surface area contributed by atoms with Gasteiger partial charge in [-0.05, 0) is 43.1 Å². The first-order valence-corrected chi connectivity index (χ1v) is 6.35. The Morgan fingerprint density at radius 3 is 3.00 bits per heavy atom. The van der Waals surface area contributed by atoms with Crippen LogP contribution in [-0.2, 0) is 6.54 Å². The zero-order valence-electron chi connectivity index (χ0n) is 10.3. The number of rotatable bonds is 4. The second-order valence-corrected chi connectivity index (χ2v) is 4.89. The molecule has 2 N–H and O–H groups in total. The minimum absolute atomic E-state index is 0.579. The third-order valence-electron chi connectivity index (χ3n) is 3.25. The van der Waals surface area contributed by atoms with Crippen molar-refractivity contribution in [2.75, 3.05) is 20.2 Å². The van der Waals surface area contributed by atoms with Crippen LogP contribution in [0.25, 0.3) is 0 Å². The van der Waals surface area contributed by atoms with Gasteiger partial charge in [0.2, 0.25) is 0 Å². The number of benzene rings is 1. The molecule has 1 heterocycles. The Balaban J connectivity index is 2.02. The van der Waals surface area contributed by atoms with Gasteiger partial charge in [-0.25, -0.2) is 0 Å². The predicted molar refractivity (Wildman–Crippen MR) is 70.9 cm³/mol. The Kier molecular flexibility index (Phi) is 4.26. The zero-order chi connectivity index (χ0) is 12.3. The highest BCUT2D eigenvalue weighted by atomic mass is 35.5. The fraction of sp³-hybridized carbons (Fsp3) is 0.538. The molecule has 1 atom stereocenters. The number of ether oxygens (including phenoxy) is 1.